The molecule has 0 saturated carbocycles. The Morgan fingerprint density at radius 3 is 2.28 bits per heavy atom. The molecule has 0 aromatic heterocycles. The van der Waals surface area contributed by atoms with Crippen LogP contribution in [-0.2, 0) is 15.7 Å². The third kappa shape index (κ3) is 8.57. The van der Waals surface area contributed by atoms with Gasteiger partial charge in [0, 0.05) is 10.6 Å². The van der Waals surface area contributed by atoms with Gasteiger partial charge in [0.1, 0.15) is 18.1 Å². The first-order chi connectivity index (χ1) is 15.1. The summed E-state index contributed by atoms with van der Waals surface area (Å²) in [4.78, 5) is 12.5. The van der Waals surface area contributed by atoms with Gasteiger partial charge in [0.15, 0.2) is 6.61 Å². The molecule has 9 heteroatoms. The lowest BCUT2D eigenvalue weighted by Gasteiger charge is -2.14. The zero-order valence-electron chi connectivity index (χ0n) is 17.9. The van der Waals surface area contributed by atoms with Gasteiger partial charge in [-0.25, -0.2) is 4.79 Å². The minimum Gasteiger partial charge on any atom is -0.489 e. The van der Waals surface area contributed by atoms with Crippen molar-refractivity contribution in [3.05, 3.63) is 62.7 Å². The third-order valence-electron chi connectivity index (χ3n) is 4.27. The van der Waals surface area contributed by atoms with Gasteiger partial charge in [-0.2, -0.15) is 13.2 Å². The fourth-order valence-electron chi connectivity index (χ4n) is 2.44. The molecule has 0 fully saturated rings. The lowest BCUT2D eigenvalue weighted by Crippen LogP contribution is -2.14. The largest absolute Gasteiger partial charge is 0.489 e. The van der Waals surface area contributed by atoms with Crippen LogP contribution in [0.4, 0.5) is 13.2 Å². The van der Waals surface area contributed by atoms with E-state index in [4.69, 9.17) is 14.2 Å². The van der Waals surface area contributed by atoms with Crippen LogP contribution in [0, 0.1) is 3.57 Å². The number of hydrogen-bond acceptors (Lipinski definition) is 5. The molecular formula is C23H24F3IO4S. The first-order valence-corrected chi connectivity index (χ1v) is 11.8. The molecule has 0 unspecified atom stereocenters. The van der Waals surface area contributed by atoms with E-state index >= 15 is 0 Å². The Morgan fingerprint density at radius 1 is 1.03 bits per heavy atom. The molecule has 32 heavy (non-hydrogen) atoms. The van der Waals surface area contributed by atoms with Gasteiger partial charge < -0.3 is 14.2 Å². The number of halogens is 4. The van der Waals surface area contributed by atoms with Crippen LogP contribution in [0.15, 0.2) is 58.5 Å². The average Bonchev–Trinajstić information content (AvgIpc) is 2.72. The first kappa shape index (κ1) is 26.4. The second-order valence-electron chi connectivity index (χ2n) is 6.89. The van der Waals surface area contributed by atoms with E-state index in [1.165, 1.54) is 12.1 Å². The van der Waals surface area contributed by atoms with Gasteiger partial charge in [0.2, 0.25) is 0 Å². The number of carbonyl (C=O) groups is 1. The Balaban J connectivity index is 1.92. The molecule has 0 saturated heterocycles. The molecule has 0 atom stereocenters. The Morgan fingerprint density at radius 2 is 1.72 bits per heavy atom. The molecule has 4 nitrogen and oxygen atoms in total. The topological polar surface area (TPSA) is 44.8 Å². The van der Waals surface area contributed by atoms with Crippen molar-refractivity contribution in [2.45, 2.75) is 31.8 Å². The maximum absolute atomic E-state index is 12.7. The fourth-order valence-corrected chi connectivity index (χ4v) is 4.40. The van der Waals surface area contributed by atoms with Crippen molar-refractivity contribution in [1.82, 2.24) is 0 Å². The van der Waals surface area contributed by atoms with Crippen LogP contribution < -0.4 is 9.47 Å². The minimum atomic E-state index is -4.36. The number of hydrogen-bond donors (Lipinski definition) is 0. The number of alkyl halides is 3. The highest BCUT2D eigenvalue weighted by atomic mass is 127. The highest BCUT2D eigenvalue weighted by Crippen LogP contribution is 2.31. The second-order valence-corrected chi connectivity index (χ2v) is 9.10. The number of esters is 1. The van der Waals surface area contributed by atoms with E-state index in [2.05, 4.69) is 22.6 Å². The zero-order chi connectivity index (χ0) is 23.7. The Kier molecular flexibility index (Phi) is 10.2. The van der Waals surface area contributed by atoms with Gasteiger partial charge in [-0.15, -0.1) is 11.8 Å². The third-order valence-corrected chi connectivity index (χ3v) is 6.19. The molecule has 2 aromatic rings. The van der Waals surface area contributed by atoms with Crippen molar-refractivity contribution in [3.63, 3.8) is 0 Å². The van der Waals surface area contributed by atoms with Gasteiger partial charge in [0.25, 0.3) is 0 Å². The van der Waals surface area contributed by atoms with E-state index in [1.807, 2.05) is 32.0 Å². The Hall–Kier alpha value is -1.88. The normalized spacial score (nSPS) is 11.1. The second kappa shape index (κ2) is 12.4. The molecular weight excluding hydrogens is 556 g/mol. The van der Waals surface area contributed by atoms with E-state index in [1.54, 1.807) is 18.7 Å². The van der Waals surface area contributed by atoms with Gasteiger partial charge in [0.05, 0.1) is 15.7 Å². The van der Waals surface area contributed by atoms with Crippen molar-refractivity contribution >= 4 is 40.3 Å². The van der Waals surface area contributed by atoms with Crippen LogP contribution in [0.5, 0.6) is 11.5 Å². The fraction of sp³-hybridized carbons (Fsp3) is 0.348. The molecule has 0 amide bonds. The quantitative estimate of drug-likeness (QED) is 0.135. The highest BCUT2D eigenvalue weighted by Gasteiger charge is 2.30. The van der Waals surface area contributed by atoms with Crippen LogP contribution in [0.25, 0.3) is 0 Å². The van der Waals surface area contributed by atoms with Crippen LogP contribution >= 0.6 is 34.4 Å². The maximum atomic E-state index is 12.7. The van der Waals surface area contributed by atoms with Gasteiger partial charge in [-0.3, -0.25) is 0 Å². The molecule has 0 spiro atoms. The Labute approximate surface area is 203 Å². The molecule has 0 N–H and O–H groups in total. The predicted octanol–water partition coefficient (Wildman–Crippen LogP) is 6.76. The van der Waals surface area contributed by atoms with Gasteiger partial charge in [-0.05, 0) is 91.4 Å². The smallest absolute Gasteiger partial charge is 0.416 e. The maximum Gasteiger partial charge on any atom is 0.416 e. The summed E-state index contributed by atoms with van der Waals surface area (Å²) in [7, 11) is 0. The van der Waals surface area contributed by atoms with Crippen LogP contribution in [0.2, 0.25) is 0 Å². The summed E-state index contributed by atoms with van der Waals surface area (Å²) in [5, 5.41) is 0. The summed E-state index contributed by atoms with van der Waals surface area (Å²) in [5.74, 6) is 1.25. The van der Waals surface area contributed by atoms with E-state index < -0.39 is 17.7 Å². The molecule has 0 aliphatic heterocycles. The number of allylic oxidation sites excluding steroid dienone is 1. The van der Waals surface area contributed by atoms with Gasteiger partial charge >= 0.3 is 12.1 Å². The molecule has 174 valence electrons. The van der Waals surface area contributed by atoms with Crippen LogP contribution in [-0.4, -0.2) is 31.5 Å². The minimum absolute atomic E-state index is 0.139. The van der Waals surface area contributed by atoms with Crippen LogP contribution in [0.1, 0.15) is 26.3 Å². The lowest BCUT2D eigenvalue weighted by atomic mass is 10.2. The summed E-state index contributed by atoms with van der Waals surface area (Å²) in [6, 6.07) is 10.4. The van der Waals surface area contributed by atoms with E-state index in [0.29, 0.717) is 30.5 Å². The van der Waals surface area contributed by atoms with E-state index in [9.17, 15) is 18.0 Å². The lowest BCUT2D eigenvalue weighted by molar-refractivity contribution is -0.145. The summed E-state index contributed by atoms with van der Waals surface area (Å²) in [6.07, 6.45) is -4.36. The Bertz CT molecular complexity index is 939. The number of carbonyl (C=O) groups excluding carboxylic acids is 1. The number of ether oxygens (including phenoxy) is 3. The molecule has 0 aliphatic carbocycles. The summed E-state index contributed by atoms with van der Waals surface area (Å²) >= 11 is 3.76. The number of benzene rings is 2. The first-order valence-electron chi connectivity index (χ1n) is 9.76. The molecule has 0 aliphatic rings. The predicted molar refractivity (Wildman–Crippen MR) is 127 cm³/mol. The van der Waals surface area contributed by atoms with E-state index in [0.717, 1.165) is 31.7 Å². The SMILES string of the molecule is CCOC(=O)COc1ccc(SCC(COc2ccc(C(F)(F)F)cc2)=C(C)C)cc1I. The molecule has 0 heterocycles. The summed E-state index contributed by atoms with van der Waals surface area (Å²) in [6.45, 7) is 6.15. The van der Waals surface area contributed by atoms with Gasteiger partial charge in [-0.1, -0.05) is 5.57 Å². The van der Waals surface area contributed by atoms with Crippen molar-refractivity contribution in [3.8, 4) is 11.5 Å². The summed E-state index contributed by atoms with van der Waals surface area (Å²) in [5.41, 5.74) is 1.44. The van der Waals surface area contributed by atoms with E-state index in [-0.39, 0.29) is 6.61 Å². The van der Waals surface area contributed by atoms with Crippen LogP contribution in [0.3, 0.4) is 0 Å². The van der Waals surface area contributed by atoms with Crippen molar-refractivity contribution in [2.75, 3.05) is 25.6 Å². The number of thioether (sulfide) groups is 1. The van der Waals surface area contributed by atoms with Crippen molar-refractivity contribution < 1.29 is 32.2 Å². The summed E-state index contributed by atoms with van der Waals surface area (Å²) < 4.78 is 55.0. The monoisotopic (exact) mass is 580 g/mol. The average molecular weight is 580 g/mol. The molecule has 2 aromatic carbocycles. The van der Waals surface area contributed by atoms with Crippen molar-refractivity contribution in [1.29, 1.82) is 0 Å². The standard InChI is InChI=1S/C23H24F3IO4S/c1-4-29-22(28)13-31-21-10-9-19(11-20(21)27)32-14-16(15(2)3)12-30-18-7-5-17(6-8-18)23(24,25)26/h5-11H,4,12-14H2,1-3H3. The molecule has 0 bridgehead atoms. The molecule has 0 radical (unpaired) electrons. The highest BCUT2D eigenvalue weighted by molar-refractivity contribution is 14.1. The van der Waals surface area contributed by atoms with Crippen molar-refractivity contribution in [2.24, 2.45) is 0 Å². The number of rotatable bonds is 10. The molecule has 2 rings (SSSR count). The zero-order valence-corrected chi connectivity index (χ0v) is 20.9.